The topological polar surface area (TPSA) is 70.7 Å². The third kappa shape index (κ3) is 3.31. The molecule has 0 saturated carbocycles. The SMILES string of the molecule is O=C(Nc1cc(Br)cc(C(F)(F)F)c1)c1cn[nH]n1. The average Bonchev–Trinajstić information content (AvgIpc) is 2.80. The fourth-order valence-corrected chi connectivity index (χ4v) is 1.82. The number of aromatic nitrogens is 3. The first kappa shape index (κ1) is 13.5. The number of carbonyl (C=O) groups excluding carboxylic acids is 1. The molecule has 2 N–H and O–H groups in total. The number of benzene rings is 1. The number of hydrogen-bond acceptors (Lipinski definition) is 3. The first-order chi connectivity index (χ1) is 8.86. The number of hydrogen-bond donors (Lipinski definition) is 2. The van der Waals surface area contributed by atoms with Gasteiger partial charge in [0.1, 0.15) is 0 Å². The van der Waals surface area contributed by atoms with Gasteiger partial charge in [-0.15, -0.1) is 0 Å². The van der Waals surface area contributed by atoms with Crippen LogP contribution in [0.3, 0.4) is 0 Å². The molecule has 1 amide bonds. The molecule has 0 saturated heterocycles. The van der Waals surface area contributed by atoms with Crippen LogP contribution in [0.4, 0.5) is 18.9 Å². The van der Waals surface area contributed by atoms with Gasteiger partial charge < -0.3 is 5.32 Å². The third-order valence-corrected chi connectivity index (χ3v) is 2.59. The van der Waals surface area contributed by atoms with Crippen molar-refractivity contribution in [3.8, 4) is 0 Å². The monoisotopic (exact) mass is 334 g/mol. The summed E-state index contributed by atoms with van der Waals surface area (Å²) in [4.78, 5) is 11.6. The first-order valence-electron chi connectivity index (χ1n) is 4.91. The van der Waals surface area contributed by atoms with Gasteiger partial charge in [0.2, 0.25) is 0 Å². The van der Waals surface area contributed by atoms with E-state index in [-0.39, 0.29) is 15.9 Å². The van der Waals surface area contributed by atoms with Crippen LogP contribution in [0.2, 0.25) is 0 Å². The number of nitrogens with one attached hydrogen (secondary N) is 2. The van der Waals surface area contributed by atoms with Gasteiger partial charge in [-0.1, -0.05) is 15.9 Å². The van der Waals surface area contributed by atoms with E-state index < -0.39 is 17.6 Å². The molecule has 0 aliphatic rings. The summed E-state index contributed by atoms with van der Waals surface area (Å²) >= 11 is 2.96. The number of H-pyrrole nitrogens is 1. The van der Waals surface area contributed by atoms with Crippen molar-refractivity contribution in [1.82, 2.24) is 15.4 Å². The molecule has 100 valence electrons. The highest BCUT2D eigenvalue weighted by Crippen LogP contribution is 2.33. The molecule has 2 rings (SSSR count). The summed E-state index contributed by atoms with van der Waals surface area (Å²) in [5, 5.41) is 11.5. The Balaban J connectivity index is 2.26. The van der Waals surface area contributed by atoms with Crippen LogP contribution in [-0.4, -0.2) is 21.3 Å². The first-order valence-corrected chi connectivity index (χ1v) is 5.70. The Bertz CT molecular complexity index is 597. The van der Waals surface area contributed by atoms with Gasteiger partial charge in [-0.2, -0.15) is 28.6 Å². The predicted molar refractivity (Wildman–Crippen MR) is 63.5 cm³/mol. The van der Waals surface area contributed by atoms with Gasteiger partial charge >= 0.3 is 6.18 Å². The smallest absolute Gasteiger partial charge is 0.320 e. The zero-order valence-electron chi connectivity index (χ0n) is 9.12. The lowest BCUT2D eigenvalue weighted by atomic mass is 10.2. The molecule has 1 aromatic carbocycles. The van der Waals surface area contributed by atoms with E-state index in [0.717, 1.165) is 18.3 Å². The average molecular weight is 335 g/mol. The van der Waals surface area contributed by atoms with Crippen LogP contribution in [0.1, 0.15) is 16.1 Å². The molecule has 0 unspecified atom stereocenters. The maximum absolute atomic E-state index is 12.6. The second kappa shape index (κ2) is 5.00. The summed E-state index contributed by atoms with van der Waals surface area (Å²) in [6.07, 6.45) is -3.32. The van der Waals surface area contributed by atoms with Crippen LogP contribution >= 0.6 is 15.9 Å². The Kier molecular flexibility index (Phi) is 3.56. The molecule has 0 spiro atoms. The van der Waals surface area contributed by atoms with Gasteiger partial charge in [-0.3, -0.25) is 4.79 Å². The highest BCUT2D eigenvalue weighted by molar-refractivity contribution is 9.10. The minimum Gasteiger partial charge on any atom is -0.320 e. The summed E-state index contributed by atoms with van der Waals surface area (Å²) in [6.45, 7) is 0. The molecular weight excluding hydrogens is 329 g/mol. The van der Waals surface area contributed by atoms with Crippen LogP contribution in [0.5, 0.6) is 0 Å². The number of amides is 1. The molecule has 0 aliphatic heterocycles. The molecule has 1 aromatic heterocycles. The van der Waals surface area contributed by atoms with Crippen molar-refractivity contribution < 1.29 is 18.0 Å². The summed E-state index contributed by atoms with van der Waals surface area (Å²) in [6, 6.07) is 3.11. The predicted octanol–water partition coefficient (Wildman–Crippen LogP) is 2.84. The van der Waals surface area contributed by atoms with E-state index >= 15 is 0 Å². The summed E-state index contributed by atoms with van der Waals surface area (Å²) < 4.78 is 38.0. The summed E-state index contributed by atoms with van der Waals surface area (Å²) in [7, 11) is 0. The normalized spacial score (nSPS) is 11.4. The molecule has 0 bridgehead atoms. The van der Waals surface area contributed by atoms with Crippen molar-refractivity contribution in [3.63, 3.8) is 0 Å². The Labute approximate surface area is 113 Å². The molecule has 9 heteroatoms. The quantitative estimate of drug-likeness (QED) is 0.887. The molecular formula is C10H6BrF3N4O. The van der Waals surface area contributed by atoms with Crippen molar-refractivity contribution in [3.05, 3.63) is 40.1 Å². The minimum atomic E-state index is -4.49. The number of nitrogens with zero attached hydrogens (tertiary/aromatic N) is 2. The van der Waals surface area contributed by atoms with Crippen LogP contribution < -0.4 is 5.32 Å². The second-order valence-electron chi connectivity index (χ2n) is 3.54. The maximum atomic E-state index is 12.6. The number of aromatic amines is 1. The fourth-order valence-electron chi connectivity index (χ4n) is 1.33. The molecule has 0 aliphatic carbocycles. The Morgan fingerprint density at radius 2 is 2.05 bits per heavy atom. The van der Waals surface area contributed by atoms with Gasteiger partial charge in [0, 0.05) is 10.2 Å². The van der Waals surface area contributed by atoms with E-state index in [1.165, 1.54) is 6.07 Å². The van der Waals surface area contributed by atoms with E-state index in [1.54, 1.807) is 0 Å². The van der Waals surface area contributed by atoms with E-state index in [0.29, 0.717) is 0 Å². The molecule has 5 nitrogen and oxygen atoms in total. The van der Waals surface area contributed by atoms with Crippen LogP contribution in [0.15, 0.2) is 28.9 Å². The molecule has 0 atom stereocenters. The van der Waals surface area contributed by atoms with Crippen molar-refractivity contribution >= 4 is 27.5 Å². The summed E-state index contributed by atoms with van der Waals surface area (Å²) in [5.41, 5.74) is -0.874. The van der Waals surface area contributed by atoms with Crippen molar-refractivity contribution in [2.24, 2.45) is 0 Å². The molecule has 2 aromatic rings. The van der Waals surface area contributed by atoms with Crippen molar-refractivity contribution in [2.45, 2.75) is 6.18 Å². The maximum Gasteiger partial charge on any atom is 0.416 e. The standard InChI is InChI=1S/C10H6BrF3N4O/c11-6-1-5(10(12,13)14)2-7(3-6)16-9(19)8-4-15-18-17-8/h1-4H,(H,16,19)(H,15,17,18). The lowest BCUT2D eigenvalue weighted by molar-refractivity contribution is -0.137. The van der Waals surface area contributed by atoms with E-state index in [4.69, 9.17) is 0 Å². The van der Waals surface area contributed by atoms with Gasteiger partial charge in [-0.05, 0) is 18.2 Å². The van der Waals surface area contributed by atoms with Gasteiger partial charge in [0.25, 0.3) is 5.91 Å². The Morgan fingerprint density at radius 3 is 2.63 bits per heavy atom. The van der Waals surface area contributed by atoms with Crippen molar-refractivity contribution in [1.29, 1.82) is 0 Å². The van der Waals surface area contributed by atoms with Crippen LogP contribution in [0, 0.1) is 0 Å². The number of halogens is 4. The number of rotatable bonds is 2. The second-order valence-corrected chi connectivity index (χ2v) is 4.45. The molecule has 0 fully saturated rings. The molecule has 0 radical (unpaired) electrons. The fraction of sp³-hybridized carbons (Fsp3) is 0.100. The zero-order chi connectivity index (χ0) is 14.0. The number of anilines is 1. The van der Waals surface area contributed by atoms with E-state index in [1.807, 2.05) is 0 Å². The van der Waals surface area contributed by atoms with Gasteiger partial charge in [-0.25, -0.2) is 0 Å². The lowest BCUT2D eigenvalue weighted by Gasteiger charge is -2.10. The Hall–Kier alpha value is -1.90. The molecule has 19 heavy (non-hydrogen) atoms. The third-order valence-electron chi connectivity index (χ3n) is 2.13. The lowest BCUT2D eigenvalue weighted by Crippen LogP contribution is -2.13. The number of alkyl halides is 3. The minimum absolute atomic E-state index is 0.00898. The summed E-state index contributed by atoms with van der Waals surface area (Å²) in [5.74, 6) is -0.653. The highest BCUT2D eigenvalue weighted by atomic mass is 79.9. The largest absolute Gasteiger partial charge is 0.416 e. The highest BCUT2D eigenvalue weighted by Gasteiger charge is 2.31. The van der Waals surface area contributed by atoms with Crippen LogP contribution in [0.25, 0.3) is 0 Å². The number of carbonyl (C=O) groups is 1. The Morgan fingerprint density at radius 1 is 1.32 bits per heavy atom. The van der Waals surface area contributed by atoms with E-state index in [2.05, 4.69) is 36.7 Å². The molecule has 1 heterocycles. The van der Waals surface area contributed by atoms with Gasteiger partial charge in [0.05, 0.1) is 11.8 Å². The van der Waals surface area contributed by atoms with E-state index in [9.17, 15) is 18.0 Å². The zero-order valence-corrected chi connectivity index (χ0v) is 10.7. The van der Waals surface area contributed by atoms with Crippen molar-refractivity contribution in [2.75, 3.05) is 5.32 Å². The van der Waals surface area contributed by atoms with Gasteiger partial charge in [0.15, 0.2) is 5.69 Å². The van der Waals surface area contributed by atoms with Crippen LogP contribution in [-0.2, 0) is 6.18 Å².